The Labute approximate surface area is 224 Å². The largest absolute Gasteiger partial charge is 0.450 e. The molecule has 1 N–H and O–H groups in total. The number of oxime groups is 1. The molecule has 0 fully saturated rings. The van der Waals surface area contributed by atoms with Gasteiger partial charge in [-0.05, 0) is 45.0 Å². The second-order valence-corrected chi connectivity index (χ2v) is 8.60. The molecule has 0 spiro atoms. The molecule has 39 heavy (non-hydrogen) atoms. The van der Waals surface area contributed by atoms with Gasteiger partial charge in [0.1, 0.15) is 5.69 Å². The Morgan fingerprint density at radius 3 is 2.38 bits per heavy atom. The van der Waals surface area contributed by atoms with Crippen molar-refractivity contribution in [1.29, 1.82) is 0 Å². The summed E-state index contributed by atoms with van der Waals surface area (Å²) in [6.07, 6.45) is 0.537. The third-order valence-corrected chi connectivity index (χ3v) is 5.52. The summed E-state index contributed by atoms with van der Waals surface area (Å²) in [7, 11) is 0. The number of nitrogens with one attached hydrogen (secondary N) is 1. The number of amides is 1. The molecule has 10 nitrogen and oxygen atoms in total. The van der Waals surface area contributed by atoms with Crippen LogP contribution in [0.15, 0.2) is 88.8 Å². The van der Waals surface area contributed by atoms with E-state index in [2.05, 4.69) is 15.6 Å². The maximum atomic E-state index is 12.4. The van der Waals surface area contributed by atoms with Crippen molar-refractivity contribution in [3.63, 3.8) is 0 Å². The predicted molar refractivity (Wildman–Crippen MR) is 148 cm³/mol. The van der Waals surface area contributed by atoms with Crippen LogP contribution < -0.4 is 10.9 Å². The molecule has 2 heterocycles. The van der Waals surface area contributed by atoms with Crippen LogP contribution in [0.3, 0.4) is 0 Å². The number of hydrogen-bond acceptors (Lipinski definition) is 8. The highest BCUT2D eigenvalue weighted by molar-refractivity contribution is 5.97. The van der Waals surface area contributed by atoms with Crippen molar-refractivity contribution in [2.75, 3.05) is 11.9 Å². The summed E-state index contributed by atoms with van der Waals surface area (Å²) < 4.78 is 6.44. The van der Waals surface area contributed by atoms with Crippen molar-refractivity contribution in [1.82, 2.24) is 14.8 Å². The van der Waals surface area contributed by atoms with Crippen molar-refractivity contribution in [3.05, 3.63) is 100 Å². The van der Waals surface area contributed by atoms with E-state index >= 15 is 0 Å². The third-order valence-electron chi connectivity index (χ3n) is 5.52. The molecule has 0 saturated carbocycles. The molecular weight excluding hydrogens is 498 g/mol. The van der Waals surface area contributed by atoms with E-state index in [0.29, 0.717) is 22.5 Å². The van der Waals surface area contributed by atoms with Crippen LogP contribution in [0, 0.1) is 0 Å². The maximum Gasteiger partial charge on any atom is 0.411 e. The fourth-order valence-corrected chi connectivity index (χ4v) is 3.70. The number of pyridine rings is 1. The quantitative estimate of drug-likeness (QED) is 0.188. The van der Waals surface area contributed by atoms with Crippen LogP contribution in [0.1, 0.15) is 42.9 Å². The molecule has 4 rings (SSSR count). The van der Waals surface area contributed by atoms with Crippen molar-refractivity contribution in [2.24, 2.45) is 5.16 Å². The monoisotopic (exact) mass is 525 g/mol. The van der Waals surface area contributed by atoms with Gasteiger partial charge in [0.15, 0.2) is 0 Å². The summed E-state index contributed by atoms with van der Waals surface area (Å²) in [4.78, 5) is 46.9. The summed E-state index contributed by atoms with van der Waals surface area (Å²) >= 11 is 0. The Bertz CT molecular complexity index is 1550. The lowest BCUT2D eigenvalue weighted by molar-refractivity contribution is 0.0519. The van der Waals surface area contributed by atoms with Gasteiger partial charge in [0.2, 0.25) is 0 Å². The summed E-state index contributed by atoms with van der Waals surface area (Å²) in [5.41, 5.74) is 2.85. The van der Waals surface area contributed by atoms with E-state index in [4.69, 9.17) is 14.6 Å². The lowest BCUT2D eigenvalue weighted by atomic mass is 10.0. The van der Waals surface area contributed by atoms with Crippen LogP contribution in [-0.2, 0) is 9.57 Å². The number of anilines is 1. The first kappa shape index (κ1) is 26.9. The second kappa shape index (κ2) is 12.4. The zero-order chi connectivity index (χ0) is 27.8. The molecule has 0 aliphatic rings. The molecule has 10 heteroatoms. The number of benzene rings is 2. The van der Waals surface area contributed by atoms with Crippen LogP contribution in [0.25, 0.3) is 22.5 Å². The number of carbonyl (C=O) groups excluding carboxylic acids is 2. The molecule has 0 unspecified atom stereocenters. The van der Waals surface area contributed by atoms with Gasteiger partial charge in [0.05, 0.1) is 41.5 Å². The van der Waals surface area contributed by atoms with Gasteiger partial charge in [-0.2, -0.15) is 5.10 Å². The lowest BCUT2D eigenvalue weighted by Gasteiger charge is -2.16. The maximum absolute atomic E-state index is 12.4. The number of nitrogens with zero attached hydrogens (tertiary/aromatic N) is 4. The van der Waals surface area contributed by atoms with E-state index < -0.39 is 12.1 Å². The van der Waals surface area contributed by atoms with Gasteiger partial charge in [0, 0.05) is 17.2 Å². The average molecular weight is 526 g/mol. The predicted octanol–water partition coefficient (Wildman–Crippen LogP) is 5.31. The van der Waals surface area contributed by atoms with Gasteiger partial charge in [-0.25, -0.2) is 19.3 Å². The van der Waals surface area contributed by atoms with E-state index in [1.54, 1.807) is 49.4 Å². The summed E-state index contributed by atoms with van der Waals surface area (Å²) in [6.45, 7) is 5.57. The van der Waals surface area contributed by atoms with Crippen molar-refractivity contribution in [3.8, 4) is 22.5 Å². The molecule has 198 valence electrons. The summed E-state index contributed by atoms with van der Waals surface area (Å²) in [6, 6.07) is 22.3. The number of rotatable bonds is 8. The highest BCUT2D eigenvalue weighted by atomic mass is 16.7. The number of carbonyl (C=O) groups is 2. The standard InChI is InChI=1S/C29H27N5O5/c1-4-38-29(37)32-24-17-22(23-15-16-26(35)34(33-23)19(2)3)27(20-11-7-5-8-12-20)31-25(24)18-30-39-28(36)21-13-9-6-10-14-21/h5-19H,4H2,1-3H3,(H,32,37). The molecule has 0 saturated heterocycles. The zero-order valence-corrected chi connectivity index (χ0v) is 21.7. The van der Waals surface area contributed by atoms with Crippen LogP contribution in [0.4, 0.5) is 10.5 Å². The molecule has 2 aromatic carbocycles. The van der Waals surface area contributed by atoms with E-state index in [-0.39, 0.29) is 29.6 Å². The van der Waals surface area contributed by atoms with Crippen LogP contribution in [-0.4, -0.2) is 39.6 Å². The van der Waals surface area contributed by atoms with Gasteiger partial charge >= 0.3 is 12.1 Å². The van der Waals surface area contributed by atoms with Crippen LogP contribution in [0.5, 0.6) is 0 Å². The molecule has 0 bridgehead atoms. The average Bonchev–Trinajstić information content (AvgIpc) is 2.94. The summed E-state index contributed by atoms with van der Waals surface area (Å²) in [5, 5.41) is 11.0. The lowest BCUT2D eigenvalue weighted by Crippen LogP contribution is -2.24. The minimum Gasteiger partial charge on any atom is -0.450 e. The molecule has 4 aromatic rings. The van der Waals surface area contributed by atoms with Gasteiger partial charge in [-0.1, -0.05) is 53.7 Å². The fraction of sp³-hybridized carbons (Fsp3) is 0.172. The third kappa shape index (κ3) is 6.61. The highest BCUT2D eigenvalue weighted by Gasteiger charge is 2.19. The first-order valence-electron chi connectivity index (χ1n) is 12.3. The molecule has 0 atom stereocenters. The minimum atomic E-state index is -0.700. The minimum absolute atomic E-state index is 0.160. The first-order chi connectivity index (χ1) is 18.9. The topological polar surface area (TPSA) is 125 Å². The second-order valence-electron chi connectivity index (χ2n) is 8.60. The van der Waals surface area contributed by atoms with Crippen LogP contribution in [0.2, 0.25) is 0 Å². The van der Waals surface area contributed by atoms with Crippen molar-refractivity contribution in [2.45, 2.75) is 26.8 Å². The van der Waals surface area contributed by atoms with Gasteiger partial charge in [0.25, 0.3) is 5.56 Å². The molecule has 0 aliphatic carbocycles. The molecule has 1 amide bonds. The van der Waals surface area contributed by atoms with Crippen LogP contribution >= 0.6 is 0 Å². The molecule has 0 radical (unpaired) electrons. The normalized spacial score (nSPS) is 11.0. The smallest absolute Gasteiger partial charge is 0.411 e. The van der Waals surface area contributed by atoms with Gasteiger partial charge < -0.3 is 9.57 Å². The summed E-state index contributed by atoms with van der Waals surface area (Å²) in [5.74, 6) is -0.646. The Balaban J connectivity index is 1.84. The molecule has 0 aliphatic heterocycles. The van der Waals surface area contributed by atoms with E-state index in [0.717, 1.165) is 5.56 Å². The SMILES string of the molecule is CCOC(=O)Nc1cc(-c2ccc(=O)n(C(C)C)n2)c(-c2ccccc2)nc1C=NOC(=O)c1ccccc1. The molecule has 2 aromatic heterocycles. The number of hydrogen-bond donors (Lipinski definition) is 1. The van der Waals surface area contributed by atoms with Gasteiger partial charge in [-0.3, -0.25) is 10.1 Å². The first-order valence-corrected chi connectivity index (χ1v) is 12.3. The highest BCUT2D eigenvalue weighted by Crippen LogP contribution is 2.33. The number of aromatic nitrogens is 3. The van der Waals surface area contributed by atoms with Crippen molar-refractivity contribution < 1.29 is 19.2 Å². The Hall–Kier alpha value is -5.12. The van der Waals surface area contributed by atoms with E-state index in [9.17, 15) is 14.4 Å². The Morgan fingerprint density at radius 1 is 1.03 bits per heavy atom. The van der Waals surface area contributed by atoms with Gasteiger partial charge in [-0.15, -0.1) is 0 Å². The van der Waals surface area contributed by atoms with E-state index in [1.165, 1.54) is 17.0 Å². The Morgan fingerprint density at radius 2 is 1.72 bits per heavy atom. The Kier molecular flexibility index (Phi) is 8.57. The van der Waals surface area contributed by atoms with E-state index in [1.807, 2.05) is 44.2 Å². The van der Waals surface area contributed by atoms with Crippen molar-refractivity contribution >= 4 is 24.0 Å². The zero-order valence-electron chi connectivity index (χ0n) is 21.7. The molecular formula is C29H27N5O5. The number of ether oxygens (including phenoxy) is 1. The fourth-order valence-electron chi connectivity index (χ4n) is 3.70.